The van der Waals surface area contributed by atoms with Gasteiger partial charge in [-0.05, 0) is 0 Å². The number of nitrogens with zero attached hydrogens (tertiary/aromatic N) is 1. The topological polar surface area (TPSA) is 68.0 Å². The minimum Gasteiger partial charge on any atom is -0.364 e. The maximum atomic E-state index is 10.7. The summed E-state index contributed by atoms with van der Waals surface area (Å²) >= 11 is 4.53. The van der Waals surface area contributed by atoms with Crippen molar-refractivity contribution in [1.29, 1.82) is 0 Å². The lowest BCUT2D eigenvalue weighted by Crippen LogP contribution is -2.11. The summed E-state index contributed by atoms with van der Waals surface area (Å²) in [6.45, 7) is 4.23. The summed E-state index contributed by atoms with van der Waals surface area (Å²) in [5.41, 5.74) is 5.32. The van der Waals surface area contributed by atoms with Gasteiger partial charge in [-0.25, -0.2) is 4.98 Å². The van der Waals surface area contributed by atoms with Gasteiger partial charge in [0.05, 0.1) is 0 Å². The third-order valence-corrected chi connectivity index (χ3v) is 2.27. The first-order valence-electron chi connectivity index (χ1n) is 3.42. The summed E-state index contributed by atoms with van der Waals surface area (Å²) in [7, 11) is 0. The number of rotatable bonds is 4. The van der Waals surface area contributed by atoms with Crippen molar-refractivity contribution in [3.63, 3.8) is 0 Å². The van der Waals surface area contributed by atoms with Crippen molar-refractivity contribution in [3.05, 3.63) is 22.1 Å². The van der Waals surface area contributed by atoms with Crippen LogP contribution >= 0.6 is 27.3 Å². The molecule has 13 heavy (non-hydrogen) atoms. The number of nitrogens with one attached hydrogen (secondary N) is 1. The van der Waals surface area contributed by atoms with Crippen LogP contribution in [-0.2, 0) is 0 Å². The largest absolute Gasteiger partial charge is 0.364 e. The van der Waals surface area contributed by atoms with E-state index in [4.69, 9.17) is 5.73 Å². The van der Waals surface area contributed by atoms with Crippen LogP contribution in [0, 0.1) is 0 Å². The summed E-state index contributed by atoms with van der Waals surface area (Å²) in [5.74, 6) is -0.512. The van der Waals surface area contributed by atoms with E-state index in [-0.39, 0.29) is 5.69 Å². The number of carbonyl (C=O) groups is 1. The van der Waals surface area contributed by atoms with E-state index in [0.717, 1.165) is 4.48 Å². The summed E-state index contributed by atoms with van der Waals surface area (Å²) in [6, 6.07) is 0. The fourth-order valence-electron chi connectivity index (χ4n) is 0.640. The van der Waals surface area contributed by atoms with Gasteiger partial charge >= 0.3 is 0 Å². The lowest BCUT2D eigenvalue weighted by molar-refractivity contribution is 0.0996. The first-order chi connectivity index (χ1) is 6.09. The number of anilines is 1. The van der Waals surface area contributed by atoms with Gasteiger partial charge in [-0.15, -0.1) is 11.3 Å². The highest BCUT2D eigenvalue weighted by Gasteiger charge is 2.05. The molecule has 0 fully saturated rings. The van der Waals surface area contributed by atoms with Gasteiger partial charge in [0.15, 0.2) is 5.13 Å². The average Bonchev–Trinajstić information content (AvgIpc) is 2.48. The smallest absolute Gasteiger partial charge is 0.268 e. The molecule has 0 saturated carbocycles. The van der Waals surface area contributed by atoms with E-state index in [1.165, 1.54) is 11.3 Å². The first-order valence-corrected chi connectivity index (χ1v) is 5.09. The highest BCUT2D eigenvalue weighted by molar-refractivity contribution is 9.11. The molecular weight excluding hydrogens is 254 g/mol. The number of thiazole rings is 1. The van der Waals surface area contributed by atoms with Gasteiger partial charge in [-0.1, -0.05) is 22.5 Å². The van der Waals surface area contributed by atoms with Crippen LogP contribution in [0.5, 0.6) is 0 Å². The Kier molecular flexibility index (Phi) is 3.44. The van der Waals surface area contributed by atoms with E-state index in [2.05, 4.69) is 32.8 Å². The normalized spacial score (nSPS) is 9.62. The third-order valence-electron chi connectivity index (χ3n) is 1.19. The van der Waals surface area contributed by atoms with E-state index in [1.54, 1.807) is 5.38 Å². The van der Waals surface area contributed by atoms with E-state index in [9.17, 15) is 4.79 Å². The molecule has 0 saturated heterocycles. The summed E-state index contributed by atoms with van der Waals surface area (Å²) in [6.07, 6.45) is 0. The lowest BCUT2D eigenvalue weighted by atomic mass is 10.5. The molecular formula is C7H8BrN3OS. The molecule has 1 amide bonds. The standard InChI is InChI=1S/C7H8BrN3OS/c1-4(8)2-10-7-11-5(3-13-7)6(9)12/h3H,1-2H2,(H2,9,12)(H,10,11). The zero-order valence-electron chi connectivity index (χ0n) is 6.71. The van der Waals surface area contributed by atoms with Gasteiger partial charge in [0.25, 0.3) is 5.91 Å². The molecule has 1 aromatic rings. The average molecular weight is 262 g/mol. The number of amides is 1. The molecule has 3 N–H and O–H groups in total. The highest BCUT2D eigenvalue weighted by Crippen LogP contribution is 2.15. The molecule has 0 unspecified atom stereocenters. The Bertz CT molecular complexity index is 336. The van der Waals surface area contributed by atoms with Crippen LogP contribution in [0.2, 0.25) is 0 Å². The molecule has 0 aromatic carbocycles. The molecule has 0 aliphatic rings. The molecule has 0 atom stereocenters. The number of primary amides is 1. The Morgan fingerprint density at radius 2 is 2.54 bits per heavy atom. The minimum absolute atomic E-state index is 0.285. The van der Waals surface area contributed by atoms with Crippen molar-refractivity contribution in [2.24, 2.45) is 5.73 Å². The Hall–Kier alpha value is -0.880. The van der Waals surface area contributed by atoms with Gasteiger partial charge in [0, 0.05) is 16.4 Å². The number of halogens is 1. The van der Waals surface area contributed by atoms with Crippen LogP contribution < -0.4 is 11.1 Å². The zero-order chi connectivity index (χ0) is 9.84. The highest BCUT2D eigenvalue weighted by atomic mass is 79.9. The molecule has 1 aromatic heterocycles. The van der Waals surface area contributed by atoms with Crippen LogP contribution in [0.1, 0.15) is 10.5 Å². The van der Waals surface area contributed by atoms with Crippen molar-refractivity contribution in [3.8, 4) is 0 Å². The molecule has 4 nitrogen and oxygen atoms in total. The Labute approximate surface area is 88.0 Å². The maximum Gasteiger partial charge on any atom is 0.268 e. The molecule has 1 rings (SSSR count). The second-order valence-corrected chi connectivity index (χ2v) is 4.25. The Balaban J connectivity index is 2.59. The molecule has 70 valence electrons. The second kappa shape index (κ2) is 4.38. The van der Waals surface area contributed by atoms with Crippen molar-refractivity contribution < 1.29 is 4.79 Å². The van der Waals surface area contributed by atoms with Crippen molar-refractivity contribution in [2.75, 3.05) is 11.9 Å². The predicted octanol–water partition coefficient (Wildman–Crippen LogP) is 1.56. The second-order valence-electron chi connectivity index (χ2n) is 2.27. The maximum absolute atomic E-state index is 10.7. The predicted molar refractivity (Wildman–Crippen MR) is 57.2 cm³/mol. The molecule has 0 aliphatic carbocycles. The van der Waals surface area contributed by atoms with Crippen LogP contribution in [0.3, 0.4) is 0 Å². The van der Waals surface area contributed by atoms with Gasteiger partial charge < -0.3 is 11.1 Å². The lowest BCUT2D eigenvalue weighted by Gasteiger charge is -1.98. The number of hydrogen-bond acceptors (Lipinski definition) is 4. The van der Waals surface area contributed by atoms with E-state index >= 15 is 0 Å². The fraction of sp³-hybridized carbons (Fsp3) is 0.143. The first kappa shape index (κ1) is 10.2. The number of aromatic nitrogens is 1. The zero-order valence-corrected chi connectivity index (χ0v) is 9.11. The summed E-state index contributed by atoms with van der Waals surface area (Å²) in [5, 5.41) is 5.25. The molecule has 6 heteroatoms. The van der Waals surface area contributed by atoms with Gasteiger partial charge in [0.1, 0.15) is 5.69 Å². The quantitative estimate of drug-likeness (QED) is 0.865. The molecule has 0 aliphatic heterocycles. The van der Waals surface area contributed by atoms with Crippen LogP contribution in [0.4, 0.5) is 5.13 Å². The fourth-order valence-corrected chi connectivity index (χ4v) is 1.48. The van der Waals surface area contributed by atoms with E-state index in [1.807, 2.05) is 0 Å². The minimum atomic E-state index is -0.512. The summed E-state index contributed by atoms with van der Waals surface area (Å²) < 4.78 is 0.823. The SMILES string of the molecule is C=C(Br)CNc1nc(C(N)=O)cs1. The number of carbonyl (C=O) groups excluding carboxylic acids is 1. The number of hydrogen-bond donors (Lipinski definition) is 2. The van der Waals surface area contributed by atoms with Gasteiger partial charge in [-0.3, -0.25) is 4.79 Å². The monoisotopic (exact) mass is 261 g/mol. The van der Waals surface area contributed by atoms with Crippen LogP contribution in [0.15, 0.2) is 16.4 Å². The third kappa shape index (κ3) is 3.16. The van der Waals surface area contributed by atoms with Crippen LogP contribution in [-0.4, -0.2) is 17.4 Å². The summed E-state index contributed by atoms with van der Waals surface area (Å²) in [4.78, 5) is 14.6. The van der Waals surface area contributed by atoms with Crippen LogP contribution in [0.25, 0.3) is 0 Å². The molecule has 0 bridgehead atoms. The number of nitrogens with two attached hydrogens (primary N) is 1. The van der Waals surface area contributed by atoms with Crippen molar-refractivity contribution >= 4 is 38.3 Å². The Morgan fingerprint density at radius 3 is 3.00 bits per heavy atom. The molecule has 1 heterocycles. The van der Waals surface area contributed by atoms with Gasteiger partial charge in [0.2, 0.25) is 0 Å². The van der Waals surface area contributed by atoms with Crippen molar-refractivity contribution in [2.45, 2.75) is 0 Å². The molecule has 0 spiro atoms. The molecule has 0 radical (unpaired) electrons. The van der Waals surface area contributed by atoms with Crippen molar-refractivity contribution in [1.82, 2.24) is 4.98 Å². The van der Waals surface area contributed by atoms with E-state index in [0.29, 0.717) is 11.7 Å². The van der Waals surface area contributed by atoms with Gasteiger partial charge in [-0.2, -0.15) is 0 Å². The Morgan fingerprint density at radius 1 is 1.85 bits per heavy atom. The van der Waals surface area contributed by atoms with E-state index < -0.39 is 5.91 Å².